The van der Waals surface area contributed by atoms with E-state index in [0.29, 0.717) is 25.5 Å². The summed E-state index contributed by atoms with van der Waals surface area (Å²) in [6.45, 7) is 9.28. The summed E-state index contributed by atoms with van der Waals surface area (Å²) in [5, 5.41) is 7.21. The molecule has 1 N–H and O–H groups in total. The lowest BCUT2D eigenvalue weighted by Crippen LogP contribution is -2.43. The molecule has 1 saturated heterocycles. The van der Waals surface area contributed by atoms with Crippen molar-refractivity contribution >= 4 is 5.91 Å². The van der Waals surface area contributed by atoms with Crippen molar-refractivity contribution in [2.45, 2.75) is 33.7 Å². The van der Waals surface area contributed by atoms with Crippen molar-refractivity contribution < 1.29 is 13.9 Å². The van der Waals surface area contributed by atoms with Gasteiger partial charge in [0.15, 0.2) is 5.76 Å². The highest BCUT2D eigenvalue weighted by Gasteiger charge is 2.33. The van der Waals surface area contributed by atoms with Crippen LogP contribution in [0.1, 0.15) is 44.9 Å². The van der Waals surface area contributed by atoms with Crippen molar-refractivity contribution in [1.82, 2.24) is 15.1 Å². The molecule has 1 fully saturated rings. The number of ether oxygens (including phenoxy) is 1. The average Bonchev–Trinajstić information content (AvgIpc) is 3.01. The number of aromatic nitrogens is 2. The Bertz CT molecular complexity index is 663. The van der Waals surface area contributed by atoms with Gasteiger partial charge in [0.25, 0.3) is 5.91 Å². The summed E-state index contributed by atoms with van der Waals surface area (Å²) in [6.07, 6.45) is 0. The predicted molar refractivity (Wildman–Crippen MR) is 80.8 cm³/mol. The average molecular weight is 303 g/mol. The van der Waals surface area contributed by atoms with Crippen LogP contribution in [0.15, 0.2) is 10.5 Å². The van der Waals surface area contributed by atoms with Gasteiger partial charge in [-0.15, -0.1) is 0 Å². The van der Waals surface area contributed by atoms with E-state index < -0.39 is 0 Å². The second-order valence-corrected chi connectivity index (χ2v) is 5.79. The molecule has 1 amide bonds. The molecule has 0 radical (unpaired) electrons. The van der Waals surface area contributed by atoms with Crippen molar-refractivity contribution in [3.8, 4) is 0 Å². The maximum absolute atomic E-state index is 12.8. The van der Waals surface area contributed by atoms with Crippen LogP contribution in [0.2, 0.25) is 0 Å². The number of hydrogen-bond acceptors (Lipinski definition) is 4. The van der Waals surface area contributed by atoms with Gasteiger partial charge in [0, 0.05) is 17.8 Å². The molecule has 2 aromatic heterocycles. The minimum Gasteiger partial charge on any atom is -0.456 e. The van der Waals surface area contributed by atoms with Crippen molar-refractivity contribution in [3.05, 3.63) is 40.1 Å². The minimum atomic E-state index is -0.134. The monoisotopic (exact) mass is 303 g/mol. The third-order valence-electron chi connectivity index (χ3n) is 4.28. The summed E-state index contributed by atoms with van der Waals surface area (Å²) in [4.78, 5) is 14.7. The molecule has 118 valence electrons. The Labute approximate surface area is 129 Å². The van der Waals surface area contributed by atoms with Crippen molar-refractivity contribution in [1.29, 1.82) is 0 Å². The fourth-order valence-corrected chi connectivity index (χ4v) is 2.96. The number of carbonyl (C=O) groups is 1. The van der Waals surface area contributed by atoms with Gasteiger partial charge in [0.2, 0.25) is 0 Å². The van der Waals surface area contributed by atoms with Gasteiger partial charge in [-0.1, -0.05) is 0 Å². The minimum absolute atomic E-state index is 0.0931. The van der Waals surface area contributed by atoms with Crippen LogP contribution in [0.25, 0.3) is 0 Å². The highest BCUT2D eigenvalue weighted by atomic mass is 16.5. The normalized spacial score (nSPS) is 18.7. The van der Waals surface area contributed by atoms with Crippen LogP contribution < -0.4 is 0 Å². The zero-order valence-electron chi connectivity index (χ0n) is 13.4. The number of rotatable bonds is 2. The molecule has 1 aliphatic heterocycles. The van der Waals surface area contributed by atoms with Crippen LogP contribution in [0.4, 0.5) is 0 Å². The smallest absolute Gasteiger partial charge is 0.290 e. The van der Waals surface area contributed by atoms with Crippen LogP contribution in [0, 0.1) is 27.7 Å². The lowest BCUT2D eigenvalue weighted by Gasteiger charge is -2.35. The first-order valence-corrected chi connectivity index (χ1v) is 7.46. The number of H-pyrrole nitrogens is 1. The Kier molecular flexibility index (Phi) is 3.78. The molecule has 0 bridgehead atoms. The Morgan fingerprint density at radius 3 is 2.73 bits per heavy atom. The molecule has 0 aromatic carbocycles. The number of nitrogens with one attached hydrogen (secondary N) is 1. The van der Waals surface area contributed by atoms with E-state index in [2.05, 4.69) is 10.2 Å². The largest absolute Gasteiger partial charge is 0.456 e. The van der Waals surface area contributed by atoms with E-state index in [-0.39, 0.29) is 11.9 Å². The molecule has 1 unspecified atom stereocenters. The molecule has 0 spiro atoms. The molecule has 3 rings (SSSR count). The number of amides is 1. The maximum Gasteiger partial charge on any atom is 0.290 e. The number of furan rings is 1. The molecule has 2 aromatic rings. The van der Waals surface area contributed by atoms with E-state index >= 15 is 0 Å². The molecule has 3 heterocycles. The SMILES string of the molecule is Cc1cc(C(=O)N2CCOCC2c2c(C)n[nH]c2C)oc1C. The van der Waals surface area contributed by atoms with E-state index in [1.54, 1.807) is 6.07 Å². The lowest BCUT2D eigenvalue weighted by molar-refractivity contribution is -0.00462. The molecule has 6 nitrogen and oxygen atoms in total. The first-order valence-electron chi connectivity index (χ1n) is 7.46. The van der Waals surface area contributed by atoms with E-state index in [9.17, 15) is 4.79 Å². The maximum atomic E-state index is 12.8. The van der Waals surface area contributed by atoms with Gasteiger partial charge >= 0.3 is 0 Å². The fraction of sp³-hybridized carbons (Fsp3) is 0.500. The number of aryl methyl sites for hydroxylation is 4. The second kappa shape index (κ2) is 5.61. The topological polar surface area (TPSA) is 71.4 Å². The van der Waals surface area contributed by atoms with E-state index in [4.69, 9.17) is 9.15 Å². The Hall–Kier alpha value is -2.08. The van der Waals surface area contributed by atoms with Gasteiger partial charge in [-0.05, 0) is 39.3 Å². The number of hydrogen-bond donors (Lipinski definition) is 1. The first kappa shape index (κ1) is 14.8. The van der Waals surface area contributed by atoms with Crippen molar-refractivity contribution in [2.75, 3.05) is 19.8 Å². The molecule has 6 heteroatoms. The number of morpholine rings is 1. The quantitative estimate of drug-likeness (QED) is 0.925. The predicted octanol–water partition coefficient (Wildman–Crippen LogP) is 2.45. The highest BCUT2D eigenvalue weighted by molar-refractivity contribution is 5.92. The van der Waals surface area contributed by atoms with Crippen molar-refractivity contribution in [2.24, 2.45) is 0 Å². The zero-order valence-corrected chi connectivity index (χ0v) is 13.4. The number of carbonyl (C=O) groups excluding carboxylic acids is 1. The summed E-state index contributed by atoms with van der Waals surface area (Å²) in [7, 11) is 0. The highest BCUT2D eigenvalue weighted by Crippen LogP contribution is 2.30. The number of nitrogens with zero attached hydrogens (tertiary/aromatic N) is 2. The fourth-order valence-electron chi connectivity index (χ4n) is 2.96. The standard InChI is InChI=1S/C16H21N3O3/c1-9-7-14(22-12(9)4)16(20)19-5-6-21-8-13(19)15-10(2)17-18-11(15)3/h7,13H,5-6,8H2,1-4H3,(H,17,18). The van der Waals surface area contributed by atoms with Crippen molar-refractivity contribution in [3.63, 3.8) is 0 Å². The van der Waals surface area contributed by atoms with Crippen LogP contribution >= 0.6 is 0 Å². The van der Waals surface area contributed by atoms with Crippen LogP contribution in [0.5, 0.6) is 0 Å². The van der Waals surface area contributed by atoms with Gasteiger partial charge < -0.3 is 14.1 Å². The summed E-state index contributed by atoms with van der Waals surface area (Å²) >= 11 is 0. The molecule has 1 atom stereocenters. The third-order valence-corrected chi connectivity index (χ3v) is 4.28. The summed E-state index contributed by atoms with van der Waals surface area (Å²) in [6, 6.07) is 1.67. The molecular formula is C16H21N3O3. The third kappa shape index (κ3) is 2.43. The van der Waals surface area contributed by atoms with Gasteiger partial charge in [-0.2, -0.15) is 5.10 Å². The van der Waals surface area contributed by atoms with Gasteiger partial charge in [-0.3, -0.25) is 9.89 Å². The molecule has 0 aliphatic carbocycles. The molecular weight excluding hydrogens is 282 g/mol. The van der Waals surface area contributed by atoms with Gasteiger partial charge in [-0.25, -0.2) is 0 Å². The van der Waals surface area contributed by atoms with Gasteiger partial charge in [0.05, 0.1) is 24.9 Å². The number of aromatic amines is 1. The second-order valence-electron chi connectivity index (χ2n) is 5.79. The van der Waals surface area contributed by atoms with E-state index in [1.807, 2.05) is 32.6 Å². The first-order chi connectivity index (χ1) is 10.5. The zero-order chi connectivity index (χ0) is 15.9. The van der Waals surface area contributed by atoms with E-state index in [1.165, 1.54) is 0 Å². The molecule has 1 aliphatic rings. The van der Waals surface area contributed by atoms with Gasteiger partial charge in [0.1, 0.15) is 5.76 Å². The Balaban J connectivity index is 1.94. The lowest BCUT2D eigenvalue weighted by atomic mass is 10.0. The summed E-state index contributed by atoms with van der Waals surface area (Å²) < 4.78 is 11.2. The summed E-state index contributed by atoms with van der Waals surface area (Å²) in [5.41, 5.74) is 3.90. The Morgan fingerprint density at radius 2 is 2.14 bits per heavy atom. The summed E-state index contributed by atoms with van der Waals surface area (Å²) in [5.74, 6) is 1.08. The van der Waals surface area contributed by atoms with Crippen LogP contribution in [0.3, 0.4) is 0 Å². The molecule has 22 heavy (non-hydrogen) atoms. The Morgan fingerprint density at radius 1 is 1.36 bits per heavy atom. The van der Waals surface area contributed by atoms with Crippen LogP contribution in [-0.4, -0.2) is 40.8 Å². The van der Waals surface area contributed by atoms with Crippen LogP contribution in [-0.2, 0) is 4.74 Å². The molecule has 0 saturated carbocycles. The van der Waals surface area contributed by atoms with E-state index in [0.717, 1.165) is 28.3 Å².